The molecule has 1 atom stereocenters. The highest BCUT2D eigenvalue weighted by Crippen LogP contribution is 2.20. The zero-order valence-electron chi connectivity index (χ0n) is 11.4. The summed E-state index contributed by atoms with van der Waals surface area (Å²) in [5, 5.41) is 13.7. The summed E-state index contributed by atoms with van der Waals surface area (Å²) in [6.45, 7) is 2.29. The number of hydrogen-bond acceptors (Lipinski definition) is 5. The Balaban J connectivity index is 1.74. The Morgan fingerprint density at radius 3 is 2.90 bits per heavy atom. The molecule has 8 heteroatoms. The Labute approximate surface area is 116 Å². The third-order valence-corrected chi connectivity index (χ3v) is 3.93. The van der Waals surface area contributed by atoms with E-state index in [1.165, 1.54) is 0 Å². The smallest absolute Gasteiger partial charge is 0.276 e. The molecule has 8 nitrogen and oxygen atoms in total. The van der Waals surface area contributed by atoms with Gasteiger partial charge >= 0.3 is 0 Å². The van der Waals surface area contributed by atoms with E-state index in [-0.39, 0.29) is 23.9 Å². The lowest BCUT2D eigenvalue weighted by Crippen LogP contribution is -2.45. The second-order valence-corrected chi connectivity index (χ2v) is 5.17. The Bertz CT molecular complexity index is 524. The number of carbonyl (C=O) groups is 2. The third kappa shape index (κ3) is 2.15. The average molecular weight is 278 g/mol. The molecule has 0 radical (unpaired) electrons. The number of likely N-dealkylation sites (tertiary alicyclic amines) is 1. The van der Waals surface area contributed by atoms with Gasteiger partial charge in [0, 0.05) is 26.7 Å². The summed E-state index contributed by atoms with van der Waals surface area (Å²) in [4.78, 5) is 25.8. The monoisotopic (exact) mass is 278 g/mol. The second kappa shape index (κ2) is 5.20. The van der Waals surface area contributed by atoms with Gasteiger partial charge in [-0.15, -0.1) is 5.10 Å². The van der Waals surface area contributed by atoms with Crippen molar-refractivity contribution in [1.82, 2.24) is 30.5 Å². The van der Waals surface area contributed by atoms with Crippen LogP contribution in [0, 0.1) is 0 Å². The van der Waals surface area contributed by atoms with Gasteiger partial charge in [0.2, 0.25) is 5.91 Å². The predicted molar refractivity (Wildman–Crippen MR) is 70.1 cm³/mol. The van der Waals surface area contributed by atoms with Crippen molar-refractivity contribution >= 4 is 11.8 Å². The number of hydrogen-bond donors (Lipinski definition) is 2. The maximum atomic E-state index is 12.4. The lowest BCUT2D eigenvalue weighted by molar-refractivity contribution is -0.124. The number of carbonyl (C=O) groups excluding carboxylic acids is 2. The number of amides is 2. The topological polar surface area (TPSA) is 92.2 Å². The fraction of sp³-hybridized carbons (Fsp3) is 0.667. The van der Waals surface area contributed by atoms with E-state index in [1.54, 1.807) is 22.8 Å². The minimum absolute atomic E-state index is 0.119. The third-order valence-electron chi connectivity index (χ3n) is 3.93. The molecule has 1 aromatic rings. The van der Waals surface area contributed by atoms with Gasteiger partial charge in [-0.3, -0.25) is 9.59 Å². The van der Waals surface area contributed by atoms with Crippen molar-refractivity contribution in [3.05, 3.63) is 11.9 Å². The van der Waals surface area contributed by atoms with Gasteiger partial charge in [0.1, 0.15) is 6.04 Å². The first-order valence-corrected chi connectivity index (χ1v) is 6.86. The highest BCUT2D eigenvalue weighted by molar-refractivity contribution is 5.96. The van der Waals surface area contributed by atoms with Crippen LogP contribution in [0.5, 0.6) is 0 Å². The predicted octanol–water partition coefficient (Wildman–Crippen LogP) is -1.23. The second-order valence-electron chi connectivity index (χ2n) is 5.17. The van der Waals surface area contributed by atoms with E-state index in [9.17, 15) is 9.59 Å². The van der Waals surface area contributed by atoms with Crippen molar-refractivity contribution in [3.63, 3.8) is 0 Å². The van der Waals surface area contributed by atoms with Gasteiger partial charge in [0.15, 0.2) is 5.69 Å². The molecule has 2 N–H and O–H groups in total. The van der Waals surface area contributed by atoms with Crippen LogP contribution in [0.3, 0.4) is 0 Å². The van der Waals surface area contributed by atoms with Crippen LogP contribution >= 0.6 is 0 Å². The minimum Gasteiger partial charge on any atom is -0.357 e. The van der Waals surface area contributed by atoms with Gasteiger partial charge in [-0.2, -0.15) is 0 Å². The zero-order valence-corrected chi connectivity index (χ0v) is 11.4. The molecule has 0 spiro atoms. The van der Waals surface area contributed by atoms with E-state index in [0.29, 0.717) is 18.7 Å². The van der Waals surface area contributed by atoms with E-state index in [2.05, 4.69) is 20.9 Å². The highest BCUT2D eigenvalue weighted by atomic mass is 16.2. The lowest BCUT2D eigenvalue weighted by Gasteiger charge is -2.26. The molecular formula is C12H18N6O2. The van der Waals surface area contributed by atoms with E-state index in [4.69, 9.17) is 0 Å². The largest absolute Gasteiger partial charge is 0.357 e. The molecule has 0 aliphatic carbocycles. The van der Waals surface area contributed by atoms with Crippen LogP contribution in [0.25, 0.3) is 0 Å². The summed E-state index contributed by atoms with van der Waals surface area (Å²) in [6, 6.07) is -0.111. The molecular weight excluding hydrogens is 260 g/mol. The molecule has 108 valence electrons. The fourth-order valence-corrected chi connectivity index (χ4v) is 2.61. The fourth-order valence-electron chi connectivity index (χ4n) is 2.61. The molecule has 20 heavy (non-hydrogen) atoms. The molecule has 0 bridgehead atoms. The first-order valence-electron chi connectivity index (χ1n) is 6.86. The van der Waals surface area contributed by atoms with Gasteiger partial charge in [0.25, 0.3) is 5.91 Å². The maximum Gasteiger partial charge on any atom is 0.276 e. The number of nitrogens with one attached hydrogen (secondary N) is 2. The van der Waals surface area contributed by atoms with Crippen LogP contribution in [-0.2, 0) is 4.79 Å². The van der Waals surface area contributed by atoms with Crippen LogP contribution < -0.4 is 10.6 Å². The van der Waals surface area contributed by atoms with Gasteiger partial charge in [-0.1, -0.05) is 5.21 Å². The molecule has 2 aliphatic heterocycles. The van der Waals surface area contributed by atoms with E-state index < -0.39 is 0 Å². The van der Waals surface area contributed by atoms with Crippen molar-refractivity contribution in [3.8, 4) is 0 Å². The summed E-state index contributed by atoms with van der Waals surface area (Å²) >= 11 is 0. The average Bonchev–Trinajstić information content (AvgIpc) is 3.03. The number of aromatic nitrogens is 3. The normalized spacial score (nSPS) is 22.6. The molecule has 1 aromatic heterocycles. The molecule has 0 saturated carbocycles. The molecule has 2 amide bonds. The molecule has 2 aliphatic rings. The van der Waals surface area contributed by atoms with Crippen LogP contribution in [-0.4, -0.2) is 64.4 Å². The zero-order chi connectivity index (χ0) is 14.1. The van der Waals surface area contributed by atoms with E-state index >= 15 is 0 Å². The molecule has 3 heterocycles. The number of nitrogens with zero attached hydrogens (tertiary/aromatic N) is 4. The molecule has 0 aromatic carbocycles. The molecule has 2 saturated heterocycles. The van der Waals surface area contributed by atoms with Crippen LogP contribution in [0.15, 0.2) is 6.20 Å². The van der Waals surface area contributed by atoms with Crippen molar-refractivity contribution in [2.45, 2.75) is 24.9 Å². The summed E-state index contributed by atoms with van der Waals surface area (Å²) in [5.74, 6) is -0.332. The first-order chi connectivity index (χ1) is 9.70. The Hall–Kier alpha value is -1.96. The van der Waals surface area contributed by atoms with Crippen molar-refractivity contribution < 1.29 is 9.59 Å². The standard InChI is InChI=1S/C12H18N6O2/c1-13-11(19)10-3-2-4-17(10)12(20)9-7-18(16-15-9)8-5-14-6-8/h7-8,10,14H,2-6H2,1H3,(H,13,19). The van der Waals surface area contributed by atoms with Gasteiger partial charge in [-0.25, -0.2) is 4.68 Å². The Kier molecular flexibility index (Phi) is 3.39. The molecule has 2 fully saturated rings. The maximum absolute atomic E-state index is 12.4. The van der Waals surface area contributed by atoms with Crippen molar-refractivity contribution in [2.75, 3.05) is 26.7 Å². The quantitative estimate of drug-likeness (QED) is 0.722. The SMILES string of the molecule is CNC(=O)C1CCCN1C(=O)c1cn(C2CNC2)nn1. The van der Waals surface area contributed by atoms with E-state index in [0.717, 1.165) is 19.5 Å². The lowest BCUT2D eigenvalue weighted by atomic mass is 10.2. The summed E-state index contributed by atoms with van der Waals surface area (Å²) in [6.07, 6.45) is 3.21. The highest BCUT2D eigenvalue weighted by Gasteiger charge is 2.35. The van der Waals surface area contributed by atoms with Crippen molar-refractivity contribution in [2.24, 2.45) is 0 Å². The molecule has 1 unspecified atom stereocenters. The number of rotatable bonds is 3. The van der Waals surface area contributed by atoms with Gasteiger partial charge in [-0.05, 0) is 12.8 Å². The van der Waals surface area contributed by atoms with Crippen LogP contribution in [0.4, 0.5) is 0 Å². The van der Waals surface area contributed by atoms with Crippen molar-refractivity contribution in [1.29, 1.82) is 0 Å². The first kappa shape index (κ1) is 13.0. The van der Waals surface area contributed by atoms with Crippen LogP contribution in [0.1, 0.15) is 29.4 Å². The van der Waals surface area contributed by atoms with Crippen LogP contribution in [0.2, 0.25) is 0 Å². The number of likely N-dealkylation sites (N-methyl/N-ethyl adjacent to an activating group) is 1. The van der Waals surface area contributed by atoms with E-state index in [1.807, 2.05) is 0 Å². The summed E-state index contributed by atoms with van der Waals surface area (Å²) in [5.41, 5.74) is 0.313. The Morgan fingerprint density at radius 1 is 1.45 bits per heavy atom. The van der Waals surface area contributed by atoms with Gasteiger partial charge in [0.05, 0.1) is 12.2 Å². The molecule has 3 rings (SSSR count). The van der Waals surface area contributed by atoms with Gasteiger partial charge < -0.3 is 15.5 Å². The summed E-state index contributed by atoms with van der Waals surface area (Å²) < 4.78 is 1.72. The minimum atomic E-state index is -0.386. The summed E-state index contributed by atoms with van der Waals surface area (Å²) in [7, 11) is 1.59. The Morgan fingerprint density at radius 2 is 2.25 bits per heavy atom.